The maximum Gasteiger partial charge on any atom is 0.223 e. The topological polar surface area (TPSA) is 64.3 Å². The van der Waals surface area contributed by atoms with E-state index >= 15 is 0 Å². The van der Waals surface area contributed by atoms with Crippen molar-refractivity contribution in [1.82, 2.24) is 5.32 Å². The van der Waals surface area contributed by atoms with Crippen LogP contribution in [0.1, 0.15) is 6.42 Å². The van der Waals surface area contributed by atoms with Gasteiger partial charge in [0.1, 0.15) is 5.75 Å². The third kappa shape index (κ3) is 4.78. The first-order chi connectivity index (χ1) is 8.13. The molecule has 0 aliphatic carbocycles. The summed E-state index contributed by atoms with van der Waals surface area (Å²) < 4.78 is 30.5. The van der Waals surface area contributed by atoms with Crippen LogP contribution in [0, 0.1) is 11.6 Å². The minimum Gasteiger partial charge on any atom is -0.493 e. The fourth-order valence-corrected chi connectivity index (χ4v) is 1.13. The molecule has 17 heavy (non-hydrogen) atoms. The van der Waals surface area contributed by atoms with Gasteiger partial charge in [0.25, 0.3) is 0 Å². The van der Waals surface area contributed by atoms with Gasteiger partial charge in [-0.2, -0.15) is 0 Å². The largest absolute Gasteiger partial charge is 0.493 e. The number of rotatable bonds is 6. The number of halogens is 2. The summed E-state index contributed by atoms with van der Waals surface area (Å²) in [6.07, 6.45) is 0.138. The number of nitrogens with one attached hydrogen (secondary N) is 1. The van der Waals surface area contributed by atoms with Crippen molar-refractivity contribution in [2.45, 2.75) is 6.42 Å². The van der Waals surface area contributed by atoms with Crippen molar-refractivity contribution in [2.24, 2.45) is 5.73 Å². The van der Waals surface area contributed by atoms with Gasteiger partial charge in [-0.05, 0) is 12.1 Å². The third-order valence-electron chi connectivity index (χ3n) is 1.96. The number of hydrogen-bond acceptors (Lipinski definition) is 3. The van der Waals surface area contributed by atoms with Crippen LogP contribution in [0.2, 0.25) is 0 Å². The number of amides is 1. The van der Waals surface area contributed by atoms with E-state index in [9.17, 15) is 13.6 Å². The minimum atomic E-state index is -0.977. The summed E-state index contributed by atoms with van der Waals surface area (Å²) in [6.45, 7) is 0.876. The highest BCUT2D eigenvalue weighted by Gasteiger charge is 2.04. The van der Waals surface area contributed by atoms with Crippen LogP contribution in [-0.4, -0.2) is 25.6 Å². The smallest absolute Gasteiger partial charge is 0.223 e. The van der Waals surface area contributed by atoms with E-state index < -0.39 is 11.6 Å². The van der Waals surface area contributed by atoms with Crippen molar-refractivity contribution in [3.63, 3.8) is 0 Å². The molecule has 0 spiro atoms. The minimum absolute atomic E-state index is 0.0987. The molecule has 1 aromatic rings. The first-order valence-electron chi connectivity index (χ1n) is 5.18. The Morgan fingerprint density at radius 3 is 2.76 bits per heavy atom. The molecule has 0 heterocycles. The molecule has 0 aromatic heterocycles. The van der Waals surface area contributed by atoms with Gasteiger partial charge in [0.05, 0.1) is 13.0 Å². The highest BCUT2D eigenvalue weighted by atomic mass is 19.2. The zero-order chi connectivity index (χ0) is 12.7. The van der Waals surface area contributed by atoms with Gasteiger partial charge < -0.3 is 15.8 Å². The standard InChI is InChI=1S/C11H14F2N2O2/c12-9-2-1-8(7-10(9)13)17-6-3-11(16)15-5-4-14/h1-2,7H,3-6,14H2,(H,15,16). The number of nitrogens with two attached hydrogens (primary N) is 1. The molecule has 1 rings (SSSR count). The SMILES string of the molecule is NCCNC(=O)CCOc1ccc(F)c(F)c1. The molecule has 0 aliphatic rings. The highest BCUT2D eigenvalue weighted by Crippen LogP contribution is 2.15. The molecular weight excluding hydrogens is 230 g/mol. The van der Waals surface area contributed by atoms with Crippen LogP contribution in [0.15, 0.2) is 18.2 Å². The summed E-state index contributed by atoms with van der Waals surface area (Å²) in [5.41, 5.74) is 5.20. The Morgan fingerprint density at radius 2 is 2.12 bits per heavy atom. The maximum absolute atomic E-state index is 12.8. The Bertz CT molecular complexity index is 386. The summed E-state index contributed by atoms with van der Waals surface area (Å²) in [4.78, 5) is 11.1. The van der Waals surface area contributed by atoms with Crippen LogP contribution in [0.3, 0.4) is 0 Å². The van der Waals surface area contributed by atoms with E-state index in [0.29, 0.717) is 13.1 Å². The fourth-order valence-electron chi connectivity index (χ4n) is 1.13. The van der Waals surface area contributed by atoms with Crippen LogP contribution in [0.4, 0.5) is 8.78 Å². The van der Waals surface area contributed by atoms with Gasteiger partial charge in [0.15, 0.2) is 11.6 Å². The zero-order valence-electron chi connectivity index (χ0n) is 9.21. The zero-order valence-corrected chi connectivity index (χ0v) is 9.21. The van der Waals surface area contributed by atoms with Gasteiger partial charge >= 0.3 is 0 Å². The highest BCUT2D eigenvalue weighted by molar-refractivity contribution is 5.75. The Morgan fingerprint density at radius 1 is 1.35 bits per heavy atom. The molecule has 4 nitrogen and oxygen atoms in total. The van der Waals surface area contributed by atoms with Gasteiger partial charge in [0, 0.05) is 19.2 Å². The quantitative estimate of drug-likeness (QED) is 0.778. The van der Waals surface area contributed by atoms with Gasteiger partial charge in [-0.25, -0.2) is 8.78 Å². The maximum atomic E-state index is 12.8. The van der Waals surface area contributed by atoms with E-state index in [0.717, 1.165) is 12.1 Å². The lowest BCUT2D eigenvalue weighted by atomic mass is 10.3. The average molecular weight is 244 g/mol. The van der Waals surface area contributed by atoms with Crippen LogP contribution in [0.5, 0.6) is 5.75 Å². The Balaban J connectivity index is 2.30. The molecule has 1 amide bonds. The predicted molar refractivity (Wildman–Crippen MR) is 58.5 cm³/mol. The van der Waals surface area contributed by atoms with Gasteiger partial charge in [-0.1, -0.05) is 0 Å². The van der Waals surface area contributed by atoms with Gasteiger partial charge in [-0.3, -0.25) is 4.79 Å². The van der Waals surface area contributed by atoms with Crippen LogP contribution >= 0.6 is 0 Å². The molecule has 0 radical (unpaired) electrons. The number of carbonyl (C=O) groups is 1. The summed E-state index contributed by atoms with van der Waals surface area (Å²) in [5.74, 6) is -1.92. The third-order valence-corrected chi connectivity index (χ3v) is 1.96. The fraction of sp³-hybridized carbons (Fsp3) is 0.364. The molecule has 0 unspecified atom stereocenters. The molecule has 3 N–H and O–H groups in total. The van der Waals surface area contributed by atoms with E-state index in [1.165, 1.54) is 6.07 Å². The van der Waals surface area contributed by atoms with E-state index in [4.69, 9.17) is 10.5 Å². The van der Waals surface area contributed by atoms with Crippen LogP contribution in [-0.2, 0) is 4.79 Å². The normalized spacial score (nSPS) is 10.1. The molecule has 94 valence electrons. The number of carbonyl (C=O) groups excluding carboxylic acids is 1. The van der Waals surface area contributed by atoms with Crippen molar-refractivity contribution < 1.29 is 18.3 Å². The lowest BCUT2D eigenvalue weighted by Gasteiger charge is -2.06. The number of hydrogen-bond donors (Lipinski definition) is 2. The lowest BCUT2D eigenvalue weighted by molar-refractivity contribution is -0.121. The van der Waals surface area contributed by atoms with Crippen molar-refractivity contribution in [2.75, 3.05) is 19.7 Å². The number of ether oxygens (including phenoxy) is 1. The second-order valence-electron chi connectivity index (χ2n) is 3.31. The second kappa shape index (κ2) is 6.80. The van der Waals surface area contributed by atoms with Gasteiger partial charge in [0.2, 0.25) is 5.91 Å². The van der Waals surface area contributed by atoms with Gasteiger partial charge in [-0.15, -0.1) is 0 Å². The number of benzene rings is 1. The molecule has 0 bridgehead atoms. The Labute approximate surface area is 97.8 Å². The van der Waals surface area contributed by atoms with Crippen molar-refractivity contribution >= 4 is 5.91 Å². The summed E-state index contributed by atoms with van der Waals surface area (Å²) >= 11 is 0. The molecule has 0 fully saturated rings. The van der Waals surface area contributed by atoms with E-state index in [1.54, 1.807) is 0 Å². The van der Waals surface area contributed by atoms with Crippen molar-refractivity contribution in [3.8, 4) is 5.75 Å². The molecule has 6 heteroatoms. The molecule has 0 aliphatic heterocycles. The predicted octanol–water partition coefficient (Wildman–Crippen LogP) is 0.809. The van der Waals surface area contributed by atoms with Crippen LogP contribution < -0.4 is 15.8 Å². The second-order valence-corrected chi connectivity index (χ2v) is 3.31. The van der Waals surface area contributed by atoms with E-state index in [-0.39, 0.29) is 24.7 Å². The first-order valence-corrected chi connectivity index (χ1v) is 5.18. The van der Waals surface area contributed by atoms with E-state index in [1.807, 2.05) is 0 Å². The van der Waals surface area contributed by atoms with Crippen molar-refractivity contribution in [1.29, 1.82) is 0 Å². The molecule has 0 atom stereocenters. The molecular formula is C11H14F2N2O2. The first kappa shape index (κ1) is 13.4. The molecule has 1 aromatic carbocycles. The Kier molecular flexibility index (Phi) is 5.35. The van der Waals surface area contributed by atoms with E-state index in [2.05, 4.69) is 5.32 Å². The monoisotopic (exact) mass is 244 g/mol. The summed E-state index contributed by atoms with van der Waals surface area (Å²) in [5, 5.41) is 2.56. The molecule has 0 saturated heterocycles. The Hall–Kier alpha value is -1.69. The van der Waals surface area contributed by atoms with Crippen LogP contribution in [0.25, 0.3) is 0 Å². The summed E-state index contributed by atoms with van der Waals surface area (Å²) in [6, 6.07) is 3.21. The average Bonchev–Trinajstić information content (AvgIpc) is 2.31. The lowest BCUT2D eigenvalue weighted by Crippen LogP contribution is -2.29. The molecule has 0 saturated carbocycles. The summed E-state index contributed by atoms with van der Waals surface area (Å²) in [7, 11) is 0. The van der Waals surface area contributed by atoms with Crippen molar-refractivity contribution in [3.05, 3.63) is 29.8 Å².